The molecule has 2 aromatic carbocycles. The summed E-state index contributed by atoms with van der Waals surface area (Å²) in [6.45, 7) is 4.50. The minimum Gasteiger partial charge on any atom is -0.325 e. The highest BCUT2D eigenvalue weighted by Crippen LogP contribution is 2.18. The zero-order valence-corrected chi connectivity index (χ0v) is 17.2. The first-order chi connectivity index (χ1) is 12.6. The molecule has 0 fully saturated rings. The molecule has 2 aromatic rings. The molecule has 2 rings (SSSR count). The SMILES string of the molecule is Cc1ccc(CN(C)[C@@H](C)C(=O)Nc2cccc(S(=O)(=O)N(C)C)c2)cc1. The van der Waals surface area contributed by atoms with Gasteiger partial charge in [0.25, 0.3) is 0 Å². The molecule has 1 atom stereocenters. The van der Waals surface area contributed by atoms with Crippen molar-refractivity contribution < 1.29 is 13.2 Å². The van der Waals surface area contributed by atoms with Gasteiger partial charge in [-0.2, -0.15) is 0 Å². The molecule has 0 saturated carbocycles. The number of nitrogens with zero attached hydrogens (tertiary/aromatic N) is 2. The maximum absolute atomic E-state index is 12.6. The van der Waals surface area contributed by atoms with Crippen LogP contribution >= 0.6 is 0 Å². The van der Waals surface area contributed by atoms with Crippen molar-refractivity contribution >= 4 is 21.6 Å². The van der Waals surface area contributed by atoms with Crippen LogP contribution in [0.15, 0.2) is 53.4 Å². The predicted octanol–water partition coefficient (Wildman–Crippen LogP) is 2.70. The van der Waals surface area contributed by atoms with Gasteiger partial charge in [0.2, 0.25) is 15.9 Å². The number of nitrogens with one attached hydrogen (secondary N) is 1. The minimum atomic E-state index is -3.54. The second-order valence-electron chi connectivity index (χ2n) is 6.88. The van der Waals surface area contributed by atoms with E-state index < -0.39 is 10.0 Å². The van der Waals surface area contributed by atoms with Crippen LogP contribution in [0.3, 0.4) is 0 Å². The van der Waals surface area contributed by atoms with Crippen molar-refractivity contribution in [3.63, 3.8) is 0 Å². The highest BCUT2D eigenvalue weighted by molar-refractivity contribution is 7.89. The van der Waals surface area contributed by atoms with Gasteiger partial charge in [0.15, 0.2) is 0 Å². The van der Waals surface area contributed by atoms with Crippen LogP contribution in [0.4, 0.5) is 5.69 Å². The third-order valence-electron chi connectivity index (χ3n) is 4.47. The molecule has 146 valence electrons. The number of benzene rings is 2. The van der Waals surface area contributed by atoms with Gasteiger partial charge in [-0.15, -0.1) is 0 Å². The van der Waals surface area contributed by atoms with E-state index in [0.29, 0.717) is 12.2 Å². The first kappa shape index (κ1) is 21.1. The van der Waals surface area contributed by atoms with Crippen LogP contribution in [0.1, 0.15) is 18.1 Å². The summed E-state index contributed by atoms with van der Waals surface area (Å²) in [6, 6.07) is 14.1. The molecule has 27 heavy (non-hydrogen) atoms. The minimum absolute atomic E-state index is 0.144. The largest absolute Gasteiger partial charge is 0.325 e. The summed E-state index contributed by atoms with van der Waals surface area (Å²) in [5, 5.41) is 2.81. The lowest BCUT2D eigenvalue weighted by Crippen LogP contribution is -2.39. The molecule has 0 aliphatic heterocycles. The van der Waals surface area contributed by atoms with E-state index in [4.69, 9.17) is 0 Å². The van der Waals surface area contributed by atoms with Gasteiger partial charge < -0.3 is 5.32 Å². The summed E-state index contributed by atoms with van der Waals surface area (Å²) in [5.41, 5.74) is 2.78. The van der Waals surface area contributed by atoms with Crippen molar-refractivity contribution in [2.75, 3.05) is 26.5 Å². The van der Waals surface area contributed by atoms with Gasteiger partial charge in [0, 0.05) is 26.3 Å². The molecular formula is C20H27N3O3S. The van der Waals surface area contributed by atoms with Crippen LogP contribution in [0.5, 0.6) is 0 Å². The van der Waals surface area contributed by atoms with Gasteiger partial charge in [0.1, 0.15) is 0 Å². The Kier molecular flexibility index (Phi) is 6.75. The molecule has 0 spiro atoms. The van der Waals surface area contributed by atoms with E-state index in [1.807, 2.05) is 50.1 Å². The Hall–Kier alpha value is -2.22. The number of aryl methyl sites for hydroxylation is 1. The van der Waals surface area contributed by atoms with E-state index in [9.17, 15) is 13.2 Å². The number of carbonyl (C=O) groups excluding carboxylic acids is 1. The number of anilines is 1. The van der Waals surface area contributed by atoms with E-state index in [1.165, 1.54) is 31.8 Å². The lowest BCUT2D eigenvalue weighted by molar-refractivity contribution is -0.120. The zero-order valence-electron chi connectivity index (χ0n) is 16.4. The third-order valence-corrected chi connectivity index (χ3v) is 6.28. The number of carbonyl (C=O) groups is 1. The topological polar surface area (TPSA) is 69.7 Å². The van der Waals surface area contributed by atoms with Gasteiger partial charge in [-0.3, -0.25) is 9.69 Å². The van der Waals surface area contributed by atoms with E-state index >= 15 is 0 Å². The number of hydrogen-bond acceptors (Lipinski definition) is 4. The molecule has 7 heteroatoms. The molecule has 0 aromatic heterocycles. The summed E-state index contributed by atoms with van der Waals surface area (Å²) in [4.78, 5) is 14.7. The van der Waals surface area contributed by atoms with Gasteiger partial charge in [0.05, 0.1) is 10.9 Å². The van der Waals surface area contributed by atoms with Gasteiger partial charge >= 0.3 is 0 Å². The van der Waals surface area contributed by atoms with Crippen LogP contribution in [-0.2, 0) is 21.4 Å². The first-order valence-corrected chi connectivity index (χ1v) is 10.1. The smallest absolute Gasteiger partial charge is 0.242 e. The Bertz CT molecular complexity index is 893. The average Bonchev–Trinajstić information content (AvgIpc) is 2.63. The Morgan fingerprint density at radius 3 is 2.30 bits per heavy atom. The Balaban J connectivity index is 2.06. The second-order valence-corrected chi connectivity index (χ2v) is 9.03. The van der Waals surface area contributed by atoms with Crippen molar-refractivity contribution in [1.29, 1.82) is 0 Å². The zero-order chi connectivity index (χ0) is 20.2. The maximum Gasteiger partial charge on any atom is 0.242 e. The Morgan fingerprint density at radius 1 is 1.07 bits per heavy atom. The van der Waals surface area contributed by atoms with Crippen molar-refractivity contribution in [2.45, 2.75) is 31.3 Å². The van der Waals surface area contributed by atoms with E-state index in [0.717, 1.165) is 9.87 Å². The van der Waals surface area contributed by atoms with Crippen LogP contribution in [0, 0.1) is 6.92 Å². The molecule has 6 nitrogen and oxygen atoms in total. The van der Waals surface area contributed by atoms with Crippen LogP contribution < -0.4 is 5.32 Å². The fourth-order valence-corrected chi connectivity index (χ4v) is 3.46. The standard InChI is InChI=1S/C20H27N3O3S/c1-15-9-11-17(12-10-15)14-23(5)16(2)20(24)21-18-7-6-8-19(13-18)27(25,26)22(3)4/h6-13,16H,14H2,1-5H3,(H,21,24)/t16-/m0/s1. The first-order valence-electron chi connectivity index (χ1n) is 8.70. The Morgan fingerprint density at radius 2 is 1.70 bits per heavy atom. The van der Waals surface area contributed by atoms with Crippen molar-refractivity contribution in [3.8, 4) is 0 Å². The highest BCUT2D eigenvalue weighted by atomic mass is 32.2. The number of sulfonamides is 1. The fourth-order valence-electron chi connectivity index (χ4n) is 2.51. The number of hydrogen-bond donors (Lipinski definition) is 1. The van der Waals surface area contributed by atoms with Gasteiger partial charge in [-0.25, -0.2) is 12.7 Å². The van der Waals surface area contributed by atoms with Gasteiger partial charge in [-0.05, 0) is 44.7 Å². The van der Waals surface area contributed by atoms with Crippen LogP contribution in [-0.4, -0.2) is 50.7 Å². The molecule has 0 aliphatic carbocycles. The number of amides is 1. The summed E-state index contributed by atoms with van der Waals surface area (Å²) in [5.74, 6) is -0.191. The fraction of sp³-hybridized carbons (Fsp3) is 0.350. The lowest BCUT2D eigenvalue weighted by atomic mass is 10.1. The average molecular weight is 390 g/mol. The number of rotatable bonds is 7. The van der Waals surface area contributed by atoms with Crippen molar-refractivity contribution in [2.24, 2.45) is 0 Å². The van der Waals surface area contributed by atoms with E-state index in [2.05, 4.69) is 5.32 Å². The molecule has 0 radical (unpaired) electrons. The maximum atomic E-state index is 12.6. The van der Waals surface area contributed by atoms with Crippen molar-refractivity contribution in [3.05, 3.63) is 59.7 Å². The molecule has 1 amide bonds. The normalized spacial score (nSPS) is 13.0. The lowest BCUT2D eigenvalue weighted by Gasteiger charge is -2.24. The quantitative estimate of drug-likeness (QED) is 0.790. The summed E-state index contributed by atoms with van der Waals surface area (Å²) >= 11 is 0. The summed E-state index contributed by atoms with van der Waals surface area (Å²) in [7, 11) is 1.29. The molecule has 1 N–H and O–H groups in total. The summed E-state index contributed by atoms with van der Waals surface area (Å²) < 4.78 is 25.6. The monoisotopic (exact) mass is 389 g/mol. The van der Waals surface area contributed by atoms with E-state index in [-0.39, 0.29) is 16.8 Å². The summed E-state index contributed by atoms with van der Waals surface area (Å²) in [6.07, 6.45) is 0. The number of likely N-dealkylation sites (N-methyl/N-ethyl adjacent to an activating group) is 1. The molecule has 0 bridgehead atoms. The molecule has 0 aliphatic rings. The predicted molar refractivity (Wildman–Crippen MR) is 108 cm³/mol. The second kappa shape index (κ2) is 8.65. The third kappa shape index (κ3) is 5.38. The van der Waals surface area contributed by atoms with Gasteiger partial charge in [-0.1, -0.05) is 35.9 Å². The molecule has 0 heterocycles. The van der Waals surface area contributed by atoms with Crippen molar-refractivity contribution in [1.82, 2.24) is 9.21 Å². The molecule has 0 saturated heterocycles. The molecule has 0 unspecified atom stereocenters. The van der Waals surface area contributed by atoms with Crippen LogP contribution in [0.2, 0.25) is 0 Å². The molecular weight excluding hydrogens is 362 g/mol. The van der Waals surface area contributed by atoms with E-state index in [1.54, 1.807) is 12.1 Å². The Labute approximate surface area is 161 Å². The van der Waals surface area contributed by atoms with Crippen LogP contribution in [0.25, 0.3) is 0 Å². The highest BCUT2D eigenvalue weighted by Gasteiger charge is 2.20.